The van der Waals surface area contributed by atoms with Gasteiger partial charge in [-0.05, 0) is 31.9 Å². The van der Waals surface area contributed by atoms with Gasteiger partial charge in [-0.1, -0.05) is 6.07 Å². The molecule has 3 heterocycles. The molecule has 19 heavy (non-hydrogen) atoms. The number of nitrogens with zero attached hydrogens (tertiary/aromatic N) is 2. The molecule has 1 fully saturated rings. The summed E-state index contributed by atoms with van der Waals surface area (Å²) in [7, 11) is 0. The van der Waals surface area contributed by atoms with Crippen molar-refractivity contribution in [1.29, 1.82) is 0 Å². The molecular weight excluding hydrogens is 242 g/mol. The van der Waals surface area contributed by atoms with Gasteiger partial charge in [-0.2, -0.15) is 5.10 Å². The minimum Gasteiger partial charge on any atom is -0.365 e. The van der Waals surface area contributed by atoms with Crippen LogP contribution in [-0.4, -0.2) is 27.7 Å². The largest absolute Gasteiger partial charge is 0.365 e. The highest BCUT2D eigenvalue weighted by Gasteiger charge is 2.37. The molecule has 100 valence electrons. The van der Waals surface area contributed by atoms with Crippen LogP contribution in [-0.2, 0) is 16.1 Å². The maximum Gasteiger partial charge on any atom is 0.252 e. The van der Waals surface area contributed by atoms with Crippen molar-refractivity contribution in [2.24, 2.45) is 0 Å². The molecule has 3 rings (SSSR count). The van der Waals surface area contributed by atoms with Gasteiger partial charge in [0.05, 0.1) is 11.7 Å². The zero-order valence-electron chi connectivity index (χ0n) is 10.9. The van der Waals surface area contributed by atoms with Gasteiger partial charge in [-0.3, -0.25) is 4.79 Å². The van der Waals surface area contributed by atoms with E-state index in [-0.39, 0.29) is 5.91 Å². The lowest BCUT2D eigenvalue weighted by atomic mass is 10.0. The van der Waals surface area contributed by atoms with Crippen LogP contribution in [0.4, 0.5) is 0 Å². The topological polar surface area (TPSA) is 55.6 Å². The van der Waals surface area contributed by atoms with Gasteiger partial charge in [0.1, 0.15) is 5.60 Å². The van der Waals surface area contributed by atoms with Crippen LogP contribution in [0.1, 0.15) is 25.3 Å². The van der Waals surface area contributed by atoms with E-state index in [1.165, 1.54) is 0 Å². The van der Waals surface area contributed by atoms with Crippen LogP contribution in [0.25, 0.3) is 5.52 Å². The average molecular weight is 259 g/mol. The number of ether oxygens (including phenoxy) is 1. The molecule has 0 aromatic carbocycles. The first-order valence-corrected chi connectivity index (χ1v) is 6.52. The molecule has 5 heteroatoms. The van der Waals surface area contributed by atoms with Crippen LogP contribution in [0.15, 0.2) is 30.6 Å². The summed E-state index contributed by atoms with van der Waals surface area (Å²) < 4.78 is 7.33. The summed E-state index contributed by atoms with van der Waals surface area (Å²) in [5.74, 6) is -0.0414. The number of nitrogens with one attached hydrogen (secondary N) is 1. The number of pyridine rings is 1. The van der Waals surface area contributed by atoms with Gasteiger partial charge in [-0.25, -0.2) is 4.52 Å². The molecule has 0 saturated carbocycles. The van der Waals surface area contributed by atoms with Crippen molar-refractivity contribution in [1.82, 2.24) is 14.9 Å². The summed E-state index contributed by atoms with van der Waals surface area (Å²) in [6.45, 7) is 3.00. The summed E-state index contributed by atoms with van der Waals surface area (Å²) in [6.07, 6.45) is 5.41. The van der Waals surface area contributed by atoms with Gasteiger partial charge in [-0.15, -0.1) is 0 Å². The van der Waals surface area contributed by atoms with Gasteiger partial charge in [0.15, 0.2) is 0 Å². The third-order valence-corrected chi connectivity index (χ3v) is 3.64. The maximum atomic E-state index is 12.1. The number of rotatable bonds is 3. The first-order valence-electron chi connectivity index (χ1n) is 6.52. The SMILES string of the molecule is CC1(C(=O)NCc2cnn3ccccc23)CCCO1. The van der Waals surface area contributed by atoms with E-state index in [0.29, 0.717) is 13.2 Å². The van der Waals surface area contributed by atoms with Crippen LogP contribution in [0, 0.1) is 0 Å². The van der Waals surface area contributed by atoms with E-state index in [4.69, 9.17) is 4.74 Å². The Kier molecular flexibility index (Phi) is 2.98. The van der Waals surface area contributed by atoms with Gasteiger partial charge >= 0.3 is 0 Å². The van der Waals surface area contributed by atoms with Crippen molar-refractivity contribution in [2.75, 3.05) is 6.61 Å². The van der Waals surface area contributed by atoms with Crippen molar-refractivity contribution in [3.63, 3.8) is 0 Å². The number of hydrogen-bond donors (Lipinski definition) is 1. The summed E-state index contributed by atoms with van der Waals surface area (Å²) in [6, 6.07) is 5.88. The van der Waals surface area contributed by atoms with Crippen LogP contribution in [0.2, 0.25) is 0 Å². The van der Waals surface area contributed by atoms with E-state index in [2.05, 4.69) is 10.4 Å². The Hall–Kier alpha value is -1.88. The monoisotopic (exact) mass is 259 g/mol. The molecule has 1 N–H and O–H groups in total. The Morgan fingerprint density at radius 1 is 1.58 bits per heavy atom. The van der Waals surface area contributed by atoms with E-state index < -0.39 is 5.60 Å². The highest BCUT2D eigenvalue weighted by atomic mass is 16.5. The molecule has 1 atom stereocenters. The zero-order valence-corrected chi connectivity index (χ0v) is 10.9. The fraction of sp³-hybridized carbons (Fsp3) is 0.429. The second-order valence-corrected chi connectivity index (χ2v) is 5.07. The Morgan fingerprint density at radius 3 is 3.26 bits per heavy atom. The average Bonchev–Trinajstić information content (AvgIpc) is 3.03. The van der Waals surface area contributed by atoms with Crippen molar-refractivity contribution < 1.29 is 9.53 Å². The standard InChI is InChI=1S/C14H17N3O2/c1-14(6-4-8-19-14)13(18)15-9-11-10-16-17-7-3-2-5-12(11)17/h2-3,5,7,10H,4,6,8-9H2,1H3,(H,15,18). The lowest BCUT2D eigenvalue weighted by Crippen LogP contribution is -2.43. The highest BCUT2D eigenvalue weighted by Crippen LogP contribution is 2.25. The van der Waals surface area contributed by atoms with Gasteiger partial charge in [0.25, 0.3) is 5.91 Å². The predicted molar refractivity (Wildman–Crippen MR) is 70.6 cm³/mol. The lowest BCUT2D eigenvalue weighted by Gasteiger charge is -2.21. The summed E-state index contributed by atoms with van der Waals surface area (Å²) >= 11 is 0. The quantitative estimate of drug-likeness (QED) is 0.909. The molecule has 0 bridgehead atoms. The molecule has 0 radical (unpaired) electrons. The van der Waals surface area contributed by atoms with Crippen LogP contribution in [0.5, 0.6) is 0 Å². The van der Waals surface area contributed by atoms with E-state index >= 15 is 0 Å². The molecule has 1 saturated heterocycles. The molecule has 2 aromatic rings. The third kappa shape index (κ3) is 2.21. The minimum atomic E-state index is -0.664. The number of hydrogen-bond acceptors (Lipinski definition) is 3. The summed E-state index contributed by atoms with van der Waals surface area (Å²) in [5, 5.41) is 7.19. The van der Waals surface area contributed by atoms with Crippen molar-refractivity contribution in [3.05, 3.63) is 36.2 Å². The first-order chi connectivity index (χ1) is 9.19. The molecule has 0 spiro atoms. The fourth-order valence-electron chi connectivity index (χ4n) is 2.44. The van der Waals surface area contributed by atoms with Crippen LogP contribution >= 0.6 is 0 Å². The molecule has 1 amide bonds. The minimum absolute atomic E-state index is 0.0414. The van der Waals surface area contributed by atoms with E-state index in [1.54, 1.807) is 10.7 Å². The van der Waals surface area contributed by atoms with Gasteiger partial charge < -0.3 is 10.1 Å². The fourth-order valence-corrected chi connectivity index (χ4v) is 2.44. The second kappa shape index (κ2) is 4.66. The van der Waals surface area contributed by atoms with Gasteiger partial charge in [0.2, 0.25) is 0 Å². The van der Waals surface area contributed by atoms with Gasteiger partial charge in [0, 0.05) is 24.9 Å². The molecule has 5 nitrogen and oxygen atoms in total. The Balaban J connectivity index is 1.71. The highest BCUT2D eigenvalue weighted by molar-refractivity contribution is 5.85. The molecular formula is C14H17N3O2. The summed E-state index contributed by atoms with van der Waals surface area (Å²) in [5.41, 5.74) is 1.36. The lowest BCUT2D eigenvalue weighted by molar-refractivity contribution is -0.139. The molecule has 0 aliphatic carbocycles. The van der Waals surface area contributed by atoms with Crippen LogP contribution < -0.4 is 5.32 Å². The third-order valence-electron chi connectivity index (χ3n) is 3.64. The van der Waals surface area contributed by atoms with E-state index in [1.807, 2.05) is 31.3 Å². The predicted octanol–water partition coefficient (Wildman–Crippen LogP) is 1.52. The second-order valence-electron chi connectivity index (χ2n) is 5.07. The van der Waals surface area contributed by atoms with Crippen molar-refractivity contribution in [3.8, 4) is 0 Å². The Bertz CT molecular complexity index is 600. The molecule has 1 aliphatic rings. The first kappa shape index (κ1) is 12.2. The molecule has 1 aliphatic heterocycles. The van der Waals surface area contributed by atoms with Crippen molar-refractivity contribution >= 4 is 11.4 Å². The smallest absolute Gasteiger partial charge is 0.252 e. The van der Waals surface area contributed by atoms with Crippen molar-refractivity contribution in [2.45, 2.75) is 31.9 Å². The maximum absolute atomic E-state index is 12.1. The number of aromatic nitrogens is 2. The Labute approximate surface area is 111 Å². The number of carbonyl (C=O) groups is 1. The number of amides is 1. The normalized spacial score (nSPS) is 22.8. The number of carbonyl (C=O) groups excluding carboxylic acids is 1. The molecule has 1 unspecified atom stereocenters. The van der Waals surface area contributed by atoms with Crippen LogP contribution in [0.3, 0.4) is 0 Å². The van der Waals surface area contributed by atoms with E-state index in [9.17, 15) is 4.79 Å². The van der Waals surface area contributed by atoms with E-state index in [0.717, 1.165) is 23.9 Å². The summed E-state index contributed by atoms with van der Waals surface area (Å²) in [4.78, 5) is 12.1. The zero-order chi connectivity index (χ0) is 13.3. The molecule has 2 aromatic heterocycles. The Morgan fingerprint density at radius 2 is 2.47 bits per heavy atom. The number of fused-ring (bicyclic) bond motifs is 1.